The van der Waals surface area contributed by atoms with Crippen molar-refractivity contribution in [3.63, 3.8) is 0 Å². The Morgan fingerprint density at radius 1 is 0.833 bits per heavy atom. The van der Waals surface area contributed by atoms with Crippen LogP contribution in [0.15, 0.2) is 36.4 Å². The SMILES string of the molecule is COc1ccc(OC)c(-c2cc(N)ccc2N)c1. The van der Waals surface area contributed by atoms with E-state index in [1.54, 1.807) is 26.4 Å². The van der Waals surface area contributed by atoms with Crippen molar-refractivity contribution in [1.82, 2.24) is 0 Å². The Labute approximate surface area is 106 Å². The topological polar surface area (TPSA) is 70.5 Å². The van der Waals surface area contributed by atoms with Crippen LogP contribution in [-0.2, 0) is 0 Å². The smallest absolute Gasteiger partial charge is 0.127 e. The monoisotopic (exact) mass is 244 g/mol. The highest BCUT2D eigenvalue weighted by atomic mass is 16.5. The Hall–Kier alpha value is -2.36. The number of nitrogen functional groups attached to an aromatic ring is 2. The third-order valence-electron chi connectivity index (χ3n) is 2.77. The van der Waals surface area contributed by atoms with Crippen LogP contribution >= 0.6 is 0 Å². The molecule has 0 atom stereocenters. The van der Waals surface area contributed by atoms with Crippen molar-refractivity contribution in [1.29, 1.82) is 0 Å². The first-order valence-electron chi connectivity index (χ1n) is 5.53. The van der Waals surface area contributed by atoms with Crippen LogP contribution < -0.4 is 20.9 Å². The molecule has 0 aliphatic carbocycles. The van der Waals surface area contributed by atoms with Gasteiger partial charge in [-0.2, -0.15) is 0 Å². The average Bonchev–Trinajstić information content (AvgIpc) is 2.40. The van der Waals surface area contributed by atoms with Crippen LogP contribution in [0.2, 0.25) is 0 Å². The predicted octanol–water partition coefficient (Wildman–Crippen LogP) is 2.54. The minimum absolute atomic E-state index is 0.649. The van der Waals surface area contributed by atoms with Crippen LogP contribution in [0.25, 0.3) is 11.1 Å². The third-order valence-corrected chi connectivity index (χ3v) is 2.77. The molecule has 2 aromatic rings. The molecule has 0 spiro atoms. The van der Waals surface area contributed by atoms with Crippen molar-refractivity contribution in [3.8, 4) is 22.6 Å². The molecule has 0 fully saturated rings. The Kier molecular flexibility index (Phi) is 3.28. The Balaban J connectivity index is 2.64. The van der Waals surface area contributed by atoms with E-state index in [0.29, 0.717) is 11.4 Å². The van der Waals surface area contributed by atoms with E-state index in [-0.39, 0.29) is 0 Å². The van der Waals surface area contributed by atoms with Gasteiger partial charge in [0.15, 0.2) is 0 Å². The molecule has 0 bridgehead atoms. The number of nitrogens with two attached hydrogens (primary N) is 2. The summed E-state index contributed by atoms with van der Waals surface area (Å²) < 4.78 is 10.6. The lowest BCUT2D eigenvalue weighted by Crippen LogP contribution is -1.96. The summed E-state index contributed by atoms with van der Waals surface area (Å²) in [5.74, 6) is 1.47. The summed E-state index contributed by atoms with van der Waals surface area (Å²) in [7, 11) is 3.24. The molecule has 0 aliphatic rings. The fourth-order valence-corrected chi connectivity index (χ4v) is 1.83. The van der Waals surface area contributed by atoms with Gasteiger partial charge in [-0.3, -0.25) is 0 Å². The second-order valence-electron chi connectivity index (χ2n) is 3.91. The van der Waals surface area contributed by atoms with Crippen molar-refractivity contribution in [3.05, 3.63) is 36.4 Å². The molecule has 2 aromatic carbocycles. The molecular formula is C14H16N2O2. The summed E-state index contributed by atoms with van der Waals surface area (Å²) >= 11 is 0. The molecule has 4 heteroatoms. The fourth-order valence-electron chi connectivity index (χ4n) is 1.83. The minimum Gasteiger partial charge on any atom is -0.497 e. The first kappa shape index (κ1) is 12.1. The highest BCUT2D eigenvalue weighted by Crippen LogP contribution is 2.37. The van der Waals surface area contributed by atoms with E-state index in [2.05, 4.69) is 0 Å². The second kappa shape index (κ2) is 4.87. The van der Waals surface area contributed by atoms with Crippen molar-refractivity contribution in [2.75, 3.05) is 25.7 Å². The number of ether oxygens (including phenoxy) is 2. The molecular weight excluding hydrogens is 228 g/mol. The van der Waals surface area contributed by atoms with Gasteiger partial charge < -0.3 is 20.9 Å². The van der Waals surface area contributed by atoms with Gasteiger partial charge >= 0.3 is 0 Å². The van der Waals surface area contributed by atoms with Gasteiger partial charge in [0.25, 0.3) is 0 Å². The van der Waals surface area contributed by atoms with E-state index in [4.69, 9.17) is 20.9 Å². The van der Waals surface area contributed by atoms with Gasteiger partial charge in [0, 0.05) is 22.5 Å². The highest BCUT2D eigenvalue weighted by molar-refractivity contribution is 5.83. The third kappa shape index (κ3) is 2.18. The minimum atomic E-state index is 0.649. The number of rotatable bonds is 3. The maximum Gasteiger partial charge on any atom is 0.127 e. The predicted molar refractivity (Wildman–Crippen MR) is 73.8 cm³/mol. The van der Waals surface area contributed by atoms with Crippen LogP contribution in [0.3, 0.4) is 0 Å². The largest absolute Gasteiger partial charge is 0.497 e. The van der Waals surface area contributed by atoms with Gasteiger partial charge in [0.1, 0.15) is 11.5 Å². The van der Waals surface area contributed by atoms with E-state index in [0.717, 1.165) is 22.6 Å². The highest BCUT2D eigenvalue weighted by Gasteiger charge is 2.10. The van der Waals surface area contributed by atoms with Crippen LogP contribution in [0.5, 0.6) is 11.5 Å². The summed E-state index contributed by atoms with van der Waals surface area (Å²) in [5, 5.41) is 0. The van der Waals surface area contributed by atoms with Gasteiger partial charge in [-0.05, 0) is 36.4 Å². The molecule has 4 nitrogen and oxygen atoms in total. The van der Waals surface area contributed by atoms with Gasteiger partial charge in [0.05, 0.1) is 14.2 Å². The molecule has 0 radical (unpaired) electrons. The van der Waals surface area contributed by atoms with Crippen LogP contribution in [0.1, 0.15) is 0 Å². The number of hydrogen-bond acceptors (Lipinski definition) is 4. The number of methoxy groups -OCH3 is 2. The molecule has 94 valence electrons. The molecule has 0 unspecified atom stereocenters. The fraction of sp³-hybridized carbons (Fsp3) is 0.143. The second-order valence-corrected chi connectivity index (χ2v) is 3.91. The zero-order valence-electron chi connectivity index (χ0n) is 10.4. The summed E-state index contributed by atoms with van der Waals surface area (Å²) in [4.78, 5) is 0. The van der Waals surface area contributed by atoms with E-state index >= 15 is 0 Å². The molecule has 0 saturated carbocycles. The molecule has 18 heavy (non-hydrogen) atoms. The lowest BCUT2D eigenvalue weighted by atomic mass is 10.0. The molecule has 4 N–H and O–H groups in total. The van der Waals surface area contributed by atoms with Gasteiger partial charge in [-0.25, -0.2) is 0 Å². The zero-order valence-corrected chi connectivity index (χ0v) is 10.4. The number of anilines is 2. The van der Waals surface area contributed by atoms with E-state index < -0.39 is 0 Å². The van der Waals surface area contributed by atoms with E-state index in [1.165, 1.54) is 0 Å². The standard InChI is InChI=1S/C14H16N2O2/c1-17-10-4-6-14(18-2)12(8-10)11-7-9(15)3-5-13(11)16/h3-8H,15-16H2,1-2H3. The van der Waals surface area contributed by atoms with Gasteiger partial charge in [-0.15, -0.1) is 0 Å². The Morgan fingerprint density at radius 3 is 2.28 bits per heavy atom. The zero-order chi connectivity index (χ0) is 13.1. The van der Waals surface area contributed by atoms with Crippen LogP contribution in [0.4, 0.5) is 11.4 Å². The summed E-state index contributed by atoms with van der Waals surface area (Å²) in [6.07, 6.45) is 0. The first-order chi connectivity index (χ1) is 8.65. The van der Waals surface area contributed by atoms with Crippen LogP contribution in [-0.4, -0.2) is 14.2 Å². The molecule has 2 rings (SSSR count). The number of hydrogen-bond donors (Lipinski definition) is 2. The van der Waals surface area contributed by atoms with E-state index in [9.17, 15) is 0 Å². The molecule has 0 aromatic heterocycles. The van der Waals surface area contributed by atoms with E-state index in [1.807, 2.05) is 24.3 Å². The lowest BCUT2D eigenvalue weighted by molar-refractivity contribution is 0.404. The maximum absolute atomic E-state index is 5.98. The molecule has 0 saturated heterocycles. The summed E-state index contributed by atoms with van der Waals surface area (Å²) in [6.45, 7) is 0. The van der Waals surface area contributed by atoms with Gasteiger partial charge in [-0.1, -0.05) is 0 Å². The normalized spacial score (nSPS) is 10.1. The molecule has 0 heterocycles. The maximum atomic E-state index is 5.98. The van der Waals surface area contributed by atoms with Crippen molar-refractivity contribution in [2.24, 2.45) is 0 Å². The van der Waals surface area contributed by atoms with Crippen molar-refractivity contribution in [2.45, 2.75) is 0 Å². The average molecular weight is 244 g/mol. The Bertz CT molecular complexity index is 568. The van der Waals surface area contributed by atoms with Crippen molar-refractivity contribution < 1.29 is 9.47 Å². The molecule has 0 aliphatic heterocycles. The van der Waals surface area contributed by atoms with Crippen LogP contribution in [0, 0.1) is 0 Å². The van der Waals surface area contributed by atoms with Gasteiger partial charge in [0.2, 0.25) is 0 Å². The summed E-state index contributed by atoms with van der Waals surface area (Å²) in [5.41, 5.74) is 14.8. The first-order valence-corrected chi connectivity index (χ1v) is 5.53. The van der Waals surface area contributed by atoms with Crippen molar-refractivity contribution >= 4 is 11.4 Å². The number of benzene rings is 2. The lowest BCUT2D eigenvalue weighted by Gasteiger charge is -2.13. The molecule has 0 amide bonds. The quantitative estimate of drug-likeness (QED) is 0.814. The summed E-state index contributed by atoms with van der Waals surface area (Å²) in [6, 6.07) is 10.9. The Morgan fingerprint density at radius 2 is 1.61 bits per heavy atom.